The standard InChI is InChI=1S/C32H22ClN7O9S2.Na/c1-40-23-10-9-21(28-27(23)19(14-26(40)42)17-4-2-3-5-18(17)29(28)43)35-22-12-15(6-11-25(22)51(46,47)48)34-31-37-30(33)38-32(39-31)36-20-8-7-16(41)13-24(20)49-50(44)45;/h2-14,35,41H,1H3,(H,44,45)(H,46,47,48)(H2,34,36,37,38,39);/q;+1/p-2. The van der Waals surface area contributed by atoms with Crippen molar-refractivity contribution in [2.75, 3.05) is 16.0 Å². The molecule has 52 heavy (non-hydrogen) atoms. The zero-order chi connectivity index (χ0) is 36.2. The minimum absolute atomic E-state index is 0. The number of pyridine rings is 1. The van der Waals surface area contributed by atoms with Crippen LogP contribution in [0, 0.1) is 0 Å². The largest absolute Gasteiger partial charge is 1.00 e. The second-order valence-corrected chi connectivity index (χ2v) is 13.2. The Labute approximate surface area is 323 Å². The van der Waals surface area contributed by atoms with Crippen LogP contribution in [0.5, 0.6) is 11.5 Å². The molecule has 0 spiro atoms. The maximum atomic E-state index is 14.0. The van der Waals surface area contributed by atoms with E-state index in [0.29, 0.717) is 27.6 Å². The Bertz CT molecular complexity index is 2660. The Kier molecular flexibility index (Phi) is 10.1. The molecule has 0 fully saturated rings. The normalized spacial score (nSPS) is 12.4. The van der Waals surface area contributed by atoms with Gasteiger partial charge in [0, 0.05) is 35.8 Å². The number of ketones is 1. The molecule has 1 aliphatic carbocycles. The predicted molar refractivity (Wildman–Crippen MR) is 185 cm³/mol. The van der Waals surface area contributed by atoms with E-state index in [-0.39, 0.29) is 97.9 Å². The molecule has 0 amide bonds. The number of hydrogen-bond acceptors (Lipinski definition) is 15. The average Bonchev–Trinajstić information content (AvgIpc) is 3.06. The summed E-state index contributed by atoms with van der Waals surface area (Å²) in [6.45, 7) is 0. The Morgan fingerprint density at radius 3 is 2.25 bits per heavy atom. The summed E-state index contributed by atoms with van der Waals surface area (Å²) in [5, 5.41) is 18.4. The number of fused-ring (bicyclic) bond motifs is 2. The van der Waals surface area contributed by atoms with E-state index >= 15 is 0 Å². The van der Waals surface area contributed by atoms with E-state index in [1.54, 1.807) is 37.4 Å². The van der Waals surface area contributed by atoms with Crippen LogP contribution in [-0.2, 0) is 28.5 Å². The molecule has 7 rings (SSSR count). The van der Waals surface area contributed by atoms with Crippen molar-refractivity contribution < 1.29 is 65.4 Å². The van der Waals surface area contributed by atoms with Crippen LogP contribution in [0.3, 0.4) is 0 Å². The van der Waals surface area contributed by atoms with Gasteiger partial charge < -0.3 is 38.9 Å². The molecular formula is C32H20ClN7NaO9S2-. The summed E-state index contributed by atoms with van der Waals surface area (Å²) in [6.07, 6.45) is 0. The number of rotatable bonds is 9. The van der Waals surface area contributed by atoms with Crippen LogP contribution in [0.2, 0.25) is 5.28 Å². The van der Waals surface area contributed by atoms with Gasteiger partial charge in [-0.3, -0.25) is 9.59 Å². The van der Waals surface area contributed by atoms with Crippen LogP contribution in [0.1, 0.15) is 15.9 Å². The van der Waals surface area contributed by atoms with Gasteiger partial charge in [-0.15, -0.1) is 0 Å². The van der Waals surface area contributed by atoms with Crippen molar-refractivity contribution in [3.63, 3.8) is 0 Å². The Balaban J connectivity index is 0.00000464. The molecule has 0 saturated carbocycles. The molecule has 1 atom stereocenters. The molecule has 258 valence electrons. The number of phenols is 1. The number of aromatic hydroxyl groups is 1. The summed E-state index contributed by atoms with van der Waals surface area (Å²) in [7, 11) is -3.48. The van der Waals surface area contributed by atoms with Gasteiger partial charge in [0.25, 0.3) is 5.56 Å². The van der Waals surface area contributed by atoms with Crippen molar-refractivity contribution in [1.82, 2.24) is 19.5 Å². The third-order valence-corrected chi connectivity index (χ3v) is 9.23. The Hall–Kier alpha value is -4.92. The van der Waals surface area contributed by atoms with Crippen molar-refractivity contribution in [3.8, 4) is 22.6 Å². The summed E-state index contributed by atoms with van der Waals surface area (Å²) >= 11 is 3.16. The first-order valence-electron chi connectivity index (χ1n) is 14.5. The van der Waals surface area contributed by atoms with Gasteiger partial charge in [-0.25, -0.2) is 12.6 Å². The smallest absolute Gasteiger partial charge is 0.744 e. The average molecular weight is 769 g/mol. The summed E-state index contributed by atoms with van der Waals surface area (Å²) in [5.41, 5.74) is 1.97. The number of hydrogen-bond donors (Lipinski definition) is 4. The molecule has 16 nitrogen and oxygen atoms in total. The van der Waals surface area contributed by atoms with Crippen LogP contribution >= 0.6 is 11.6 Å². The minimum atomic E-state index is -5.05. The van der Waals surface area contributed by atoms with E-state index < -0.39 is 26.4 Å². The van der Waals surface area contributed by atoms with Crippen LogP contribution < -0.4 is 55.3 Å². The summed E-state index contributed by atoms with van der Waals surface area (Å²) in [6, 6.07) is 18.6. The quantitative estimate of drug-likeness (QED) is 0.0706. The van der Waals surface area contributed by atoms with Gasteiger partial charge in [-0.2, -0.15) is 15.0 Å². The molecule has 4 N–H and O–H groups in total. The van der Waals surface area contributed by atoms with Crippen LogP contribution in [-0.4, -0.2) is 52.1 Å². The number of carbonyl (C=O) groups is 1. The van der Waals surface area contributed by atoms with Crippen molar-refractivity contribution >= 4 is 84.4 Å². The number of aryl methyl sites for hydroxylation is 1. The summed E-state index contributed by atoms with van der Waals surface area (Å²) in [5.74, 6) is -1.27. The molecule has 0 saturated heterocycles. The van der Waals surface area contributed by atoms with Gasteiger partial charge >= 0.3 is 29.6 Å². The van der Waals surface area contributed by atoms with Gasteiger partial charge in [0.2, 0.25) is 17.2 Å². The molecule has 0 aliphatic heterocycles. The molecule has 0 radical (unpaired) electrons. The minimum Gasteiger partial charge on any atom is -0.744 e. The first kappa shape index (κ1) is 36.9. The van der Waals surface area contributed by atoms with E-state index in [9.17, 15) is 36.4 Å². The second kappa shape index (κ2) is 14.2. The molecule has 6 aromatic rings. The molecule has 1 unspecified atom stereocenters. The number of nitrogens with one attached hydrogen (secondary N) is 3. The fourth-order valence-corrected chi connectivity index (χ4v) is 6.75. The third kappa shape index (κ3) is 7.10. The van der Waals surface area contributed by atoms with Gasteiger partial charge in [0.15, 0.2) is 11.5 Å². The van der Waals surface area contributed by atoms with E-state index in [0.717, 1.165) is 12.1 Å². The third-order valence-electron chi connectivity index (χ3n) is 7.85. The fraction of sp³-hybridized carbons (Fsp3) is 0.0312. The van der Waals surface area contributed by atoms with Crippen molar-refractivity contribution in [2.45, 2.75) is 4.90 Å². The maximum Gasteiger partial charge on any atom is 1.00 e. The number of aromatic nitrogens is 4. The van der Waals surface area contributed by atoms with Crippen LogP contribution in [0.4, 0.5) is 34.6 Å². The number of phenolic OH excluding ortho intramolecular Hbond substituents is 1. The zero-order valence-electron chi connectivity index (χ0n) is 26.7. The zero-order valence-corrected chi connectivity index (χ0v) is 31.1. The van der Waals surface area contributed by atoms with Crippen molar-refractivity contribution in [3.05, 3.63) is 106 Å². The maximum absolute atomic E-state index is 14.0. The number of nitrogens with zero attached hydrogens (tertiary/aromatic N) is 4. The van der Waals surface area contributed by atoms with Crippen LogP contribution in [0.25, 0.3) is 22.0 Å². The SMILES string of the molecule is Cn1c(=O)cc2c3c(c(Nc4cc(Nc5nc(Cl)nc(Nc6ccc(O)cc6OS(=O)[O-])n5)ccc4S(=O)(=O)[O-])ccc31)C(=O)c1ccccc1-2.[Na+]. The number of halogens is 1. The van der Waals surface area contributed by atoms with Gasteiger partial charge in [0.05, 0.1) is 33.0 Å². The summed E-state index contributed by atoms with van der Waals surface area (Å²) in [4.78, 5) is 38.4. The van der Waals surface area contributed by atoms with Crippen molar-refractivity contribution in [1.29, 1.82) is 0 Å². The number of anilines is 6. The second-order valence-electron chi connectivity index (χ2n) is 11.0. The van der Waals surface area contributed by atoms with E-state index in [1.165, 1.54) is 41.0 Å². The Morgan fingerprint density at radius 2 is 1.54 bits per heavy atom. The topological polar surface area (TPSA) is 241 Å². The number of carbonyl (C=O) groups excluding carboxylic acids is 1. The molecule has 2 heterocycles. The van der Waals surface area contributed by atoms with E-state index in [1.807, 2.05) is 0 Å². The fourth-order valence-electron chi connectivity index (χ4n) is 5.69. The van der Waals surface area contributed by atoms with Crippen molar-refractivity contribution in [2.24, 2.45) is 7.05 Å². The Morgan fingerprint density at radius 1 is 0.846 bits per heavy atom. The molecule has 1 aliphatic rings. The molecule has 2 aromatic heterocycles. The van der Waals surface area contributed by atoms with Gasteiger partial charge in [-0.05, 0) is 65.2 Å². The predicted octanol–water partition coefficient (Wildman–Crippen LogP) is 1.61. The van der Waals surface area contributed by atoms with E-state index in [2.05, 4.69) is 30.9 Å². The molecule has 4 aromatic carbocycles. The van der Waals surface area contributed by atoms with Crippen LogP contribution in [0.15, 0.2) is 88.6 Å². The monoisotopic (exact) mass is 768 g/mol. The summed E-state index contributed by atoms with van der Waals surface area (Å²) < 4.78 is 65.5. The molecular weight excluding hydrogens is 749 g/mol. The van der Waals surface area contributed by atoms with Gasteiger partial charge in [0.1, 0.15) is 27.2 Å². The van der Waals surface area contributed by atoms with Gasteiger partial charge in [-0.1, -0.05) is 24.3 Å². The number of benzene rings is 4. The molecule has 0 bridgehead atoms. The van der Waals surface area contributed by atoms with E-state index in [4.69, 9.17) is 15.8 Å². The first-order valence-corrected chi connectivity index (χ1v) is 17.3. The first-order chi connectivity index (χ1) is 24.3. The molecule has 20 heteroatoms.